The van der Waals surface area contributed by atoms with Crippen molar-refractivity contribution in [3.05, 3.63) is 53.9 Å². The summed E-state index contributed by atoms with van der Waals surface area (Å²) in [6.45, 7) is 2.05. The molecular weight excluding hydrogens is 224 g/mol. The predicted molar refractivity (Wildman–Crippen MR) is 71.8 cm³/mol. The summed E-state index contributed by atoms with van der Waals surface area (Å²) in [4.78, 5) is 4.08. The third kappa shape index (κ3) is 2.58. The SMILES string of the molecule is CC(Nc1ccc(C#N)c(N)c1)c1cccnc1. The maximum atomic E-state index is 8.81. The van der Waals surface area contributed by atoms with Crippen molar-refractivity contribution in [2.45, 2.75) is 13.0 Å². The van der Waals surface area contributed by atoms with Crippen molar-refractivity contribution in [1.82, 2.24) is 4.98 Å². The summed E-state index contributed by atoms with van der Waals surface area (Å²) in [6, 6.07) is 11.4. The largest absolute Gasteiger partial charge is 0.398 e. The Bertz CT molecular complexity index is 572. The van der Waals surface area contributed by atoms with E-state index in [1.807, 2.05) is 37.4 Å². The van der Waals surface area contributed by atoms with Crippen LogP contribution in [0.15, 0.2) is 42.7 Å². The van der Waals surface area contributed by atoms with Gasteiger partial charge in [-0.15, -0.1) is 0 Å². The van der Waals surface area contributed by atoms with Crippen LogP contribution < -0.4 is 11.1 Å². The first-order valence-electron chi connectivity index (χ1n) is 5.67. The Morgan fingerprint density at radius 2 is 2.22 bits per heavy atom. The van der Waals surface area contributed by atoms with E-state index in [1.165, 1.54) is 0 Å². The van der Waals surface area contributed by atoms with Crippen molar-refractivity contribution in [3.63, 3.8) is 0 Å². The number of nitrogens with two attached hydrogens (primary N) is 1. The van der Waals surface area contributed by atoms with Gasteiger partial charge in [-0.3, -0.25) is 4.98 Å². The fourth-order valence-corrected chi connectivity index (χ4v) is 1.72. The van der Waals surface area contributed by atoms with Crippen molar-refractivity contribution in [1.29, 1.82) is 5.26 Å². The molecule has 3 N–H and O–H groups in total. The number of nitrogen functional groups attached to an aromatic ring is 1. The Morgan fingerprint density at radius 3 is 2.83 bits per heavy atom. The number of hydrogen-bond acceptors (Lipinski definition) is 4. The second kappa shape index (κ2) is 5.19. The highest BCUT2D eigenvalue weighted by Gasteiger charge is 2.06. The zero-order valence-electron chi connectivity index (χ0n) is 10.1. The van der Waals surface area contributed by atoms with Gasteiger partial charge in [0.1, 0.15) is 6.07 Å². The Labute approximate surface area is 106 Å². The van der Waals surface area contributed by atoms with E-state index in [0.29, 0.717) is 11.3 Å². The van der Waals surface area contributed by atoms with Gasteiger partial charge in [-0.2, -0.15) is 5.26 Å². The van der Waals surface area contributed by atoms with Gasteiger partial charge in [0, 0.05) is 18.1 Å². The van der Waals surface area contributed by atoms with Crippen LogP contribution in [0.25, 0.3) is 0 Å². The summed E-state index contributed by atoms with van der Waals surface area (Å²) in [7, 11) is 0. The van der Waals surface area contributed by atoms with Crippen LogP contribution >= 0.6 is 0 Å². The molecule has 1 heterocycles. The van der Waals surface area contributed by atoms with Crippen LogP contribution in [0.4, 0.5) is 11.4 Å². The molecule has 2 aromatic rings. The summed E-state index contributed by atoms with van der Waals surface area (Å²) in [5, 5.41) is 12.1. The highest BCUT2D eigenvalue weighted by molar-refractivity contribution is 5.63. The van der Waals surface area contributed by atoms with Gasteiger partial charge in [0.25, 0.3) is 0 Å². The molecular formula is C14H14N4. The normalized spacial score (nSPS) is 11.6. The fourth-order valence-electron chi connectivity index (χ4n) is 1.72. The van der Waals surface area contributed by atoms with E-state index in [4.69, 9.17) is 11.0 Å². The van der Waals surface area contributed by atoms with Crippen molar-refractivity contribution in [2.24, 2.45) is 0 Å². The number of aromatic nitrogens is 1. The smallest absolute Gasteiger partial charge is 0.101 e. The quantitative estimate of drug-likeness (QED) is 0.806. The summed E-state index contributed by atoms with van der Waals surface area (Å²) in [6.07, 6.45) is 3.57. The number of nitrogens with one attached hydrogen (secondary N) is 1. The molecule has 1 aromatic heterocycles. The molecule has 0 aliphatic heterocycles. The first-order valence-corrected chi connectivity index (χ1v) is 5.67. The lowest BCUT2D eigenvalue weighted by atomic mass is 10.1. The van der Waals surface area contributed by atoms with Crippen LogP contribution in [-0.4, -0.2) is 4.98 Å². The number of benzene rings is 1. The molecule has 1 unspecified atom stereocenters. The Hall–Kier alpha value is -2.54. The Kier molecular flexibility index (Phi) is 3.44. The van der Waals surface area contributed by atoms with Gasteiger partial charge in [-0.1, -0.05) is 6.07 Å². The molecule has 0 spiro atoms. The monoisotopic (exact) mass is 238 g/mol. The molecule has 0 aliphatic carbocycles. The standard InChI is InChI=1S/C14H14N4/c1-10(12-3-2-6-17-9-12)18-13-5-4-11(8-15)14(16)7-13/h2-7,9-10,18H,16H2,1H3. The summed E-state index contributed by atoms with van der Waals surface area (Å²) in [5.74, 6) is 0. The Morgan fingerprint density at radius 1 is 1.39 bits per heavy atom. The number of hydrogen-bond donors (Lipinski definition) is 2. The fraction of sp³-hybridized carbons (Fsp3) is 0.143. The zero-order chi connectivity index (χ0) is 13.0. The second-order valence-corrected chi connectivity index (χ2v) is 4.07. The van der Waals surface area contributed by atoms with Gasteiger partial charge in [0.05, 0.1) is 17.3 Å². The topological polar surface area (TPSA) is 74.7 Å². The van der Waals surface area contributed by atoms with E-state index in [9.17, 15) is 0 Å². The molecule has 1 aromatic carbocycles. The minimum absolute atomic E-state index is 0.131. The summed E-state index contributed by atoms with van der Waals surface area (Å²) in [5.41, 5.74) is 8.74. The van der Waals surface area contributed by atoms with Gasteiger partial charge in [-0.25, -0.2) is 0 Å². The van der Waals surface area contributed by atoms with E-state index < -0.39 is 0 Å². The van der Waals surface area contributed by atoms with Crippen molar-refractivity contribution >= 4 is 11.4 Å². The lowest BCUT2D eigenvalue weighted by Crippen LogP contribution is -2.07. The van der Waals surface area contributed by atoms with Crippen molar-refractivity contribution in [2.75, 3.05) is 11.1 Å². The molecule has 0 aliphatic rings. The van der Waals surface area contributed by atoms with Crippen LogP contribution in [0, 0.1) is 11.3 Å². The highest BCUT2D eigenvalue weighted by atomic mass is 14.9. The highest BCUT2D eigenvalue weighted by Crippen LogP contribution is 2.22. The van der Waals surface area contributed by atoms with E-state index in [1.54, 1.807) is 18.3 Å². The van der Waals surface area contributed by atoms with Gasteiger partial charge in [-0.05, 0) is 36.8 Å². The number of anilines is 2. The molecule has 4 nitrogen and oxygen atoms in total. The molecule has 0 fully saturated rings. The zero-order valence-corrected chi connectivity index (χ0v) is 10.1. The second-order valence-electron chi connectivity index (χ2n) is 4.07. The third-order valence-electron chi connectivity index (χ3n) is 2.74. The van der Waals surface area contributed by atoms with Crippen molar-refractivity contribution in [3.8, 4) is 6.07 Å². The van der Waals surface area contributed by atoms with Gasteiger partial charge in [0.2, 0.25) is 0 Å². The first kappa shape index (κ1) is 11.9. The number of pyridine rings is 1. The van der Waals surface area contributed by atoms with Crippen LogP contribution in [0.5, 0.6) is 0 Å². The van der Waals surface area contributed by atoms with E-state index in [-0.39, 0.29) is 6.04 Å². The molecule has 2 rings (SSSR count). The average Bonchev–Trinajstić information content (AvgIpc) is 2.40. The average molecular weight is 238 g/mol. The van der Waals surface area contributed by atoms with Crippen LogP contribution in [0.3, 0.4) is 0 Å². The lowest BCUT2D eigenvalue weighted by molar-refractivity contribution is 0.876. The van der Waals surface area contributed by atoms with E-state index in [2.05, 4.69) is 10.3 Å². The van der Waals surface area contributed by atoms with Crippen LogP contribution in [-0.2, 0) is 0 Å². The van der Waals surface area contributed by atoms with E-state index in [0.717, 1.165) is 11.3 Å². The van der Waals surface area contributed by atoms with Crippen LogP contribution in [0.2, 0.25) is 0 Å². The van der Waals surface area contributed by atoms with Gasteiger partial charge >= 0.3 is 0 Å². The molecule has 18 heavy (non-hydrogen) atoms. The molecule has 4 heteroatoms. The lowest BCUT2D eigenvalue weighted by Gasteiger charge is -2.15. The van der Waals surface area contributed by atoms with E-state index >= 15 is 0 Å². The molecule has 0 bridgehead atoms. The molecule has 0 radical (unpaired) electrons. The minimum Gasteiger partial charge on any atom is -0.398 e. The molecule has 0 amide bonds. The van der Waals surface area contributed by atoms with Crippen molar-refractivity contribution < 1.29 is 0 Å². The van der Waals surface area contributed by atoms with Crippen LogP contribution in [0.1, 0.15) is 24.1 Å². The minimum atomic E-state index is 0.131. The van der Waals surface area contributed by atoms with Gasteiger partial charge in [0.15, 0.2) is 0 Å². The molecule has 1 atom stereocenters. The molecule has 0 saturated carbocycles. The number of nitriles is 1. The maximum absolute atomic E-state index is 8.81. The predicted octanol–water partition coefficient (Wildman–Crippen LogP) is 2.71. The first-order chi connectivity index (χ1) is 8.70. The Balaban J connectivity index is 2.15. The number of rotatable bonds is 3. The number of nitrogens with zero attached hydrogens (tertiary/aromatic N) is 2. The maximum Gasteiger partial charge on any atom is 0.101 e. The summed E-state index contributed by atoms with van der Waals surface area (Å²) >= 11 is 0. The third-order valence-corrected chi connectivity index (χ3v) is 2.74. The summed E-state index contributed by atoms with van der Waals surface area (Å²) < 4.78 is 0. The van der Waals surface area contributed by atoms with Gasteiger partial charge < -0.3 is 11.1 Å². The molecule has 0 saturated heterocycles. The molecule has 90 valence electrons.